The molecule has 3 heterocycles. The van der Waals surface area contributed by atoms with Crippen molar-refractivity contribution < 1.29 is 5.11 Å². The summed E-state index contributed by atoms with van der Waals surface area (Å²) < 4.78 is 2.15. The summed E-state index contributed by atoms with van der Waals surface area (Å²) in [5.41, 5.74) is 2.18. The maximum Gasteiger partial charge on any atom is 0.206 e. The van der Waals surface area contributed by atoms with Crippen LogP contribution in [0.3, 0.4) is 0 Å². The van der Waals surface area contributed by atoms with Gasteiger partial charge in [0.2, 0.25) is 5.95 Å². The first-order chi connectivity index (χ1) is 10.6. The quantitative estimate of drug-likeness (QED) is 0.789. The van der Waals surface area contributed by atoms with E-state index in [4.69, 9.17) is 4.98 Å². The lowest BCUT2D eigenvalue weighted by Crippen LogP contribution is -2.49. The van der Waals surface area contributed by atoms with E-state index < -0.39 is 5.60 Å². The lowest BCUT2D eigenvalue weighted by atomic mass is 10.0. The summed E-state index contributed by atoms with van der Waals surface area (Å²) in [5.74, 6) is 0.946. The van der Waals surface area contributed by atoms with E-state index in [2.05, 4.69) is 27.4 Å². The zero-order chi connectivity index (χ0) is 15.3. The second-order valence-electron chi connectivity index (χ2n) is 6.43. The SMILES string of the molecule is CCCN1CC(C)(O)Cn2c1nc1cnc3ccccc3c12. The maximum absolute atomic E-state index is 10.7. The molecule has 1 atom stereocenters. The normalized spacial score (nSPS) is 21.5. The van der Waals surface area contributed by atoms with E-state index in [9.17, 15) is 5.11 Å². The van der Waals surface area contributed by atoms with Gasteiger partial charge in [0.1, 0.15) is 5.52 Å². The smallest absolute Gasteiger partial charge is 0.206 e. The minimum absolute atomic E-state index is 0.563. The summed E-state index contributed by atoms with van der Waals surface area (Å²) in [6.45, 7) is 6.12. The van der Waals surface area contributed by atoms with Gasteiger partial charge in [-0.3, -0.25) is 4.98 Å². The number of aliphatic hydroxyl groups is 1. The Balaban J connectivity index is 2.03. The number of hydrogen-bond acceptors (Lipinski definition) is 4. The van der Waals surface area contributed by atoms with Crippen LogP contribution in [-0.4, -0.2) is 38.3 Å². The fraction of sp³-hybridized carbons (Fsp3) is 0.412. The van der Waals surface area contributed by atoms with Gasteiger partial charge in [0.25, 0.3) is 0 Å². The molecule has 1 aromatic carbocycles. The second-order valence-corrected chi connectivity index (χ2v) is 6.43. The van der Waals surface area contributed by atoms with E-state index in [1.54, 1.807) is 0 Å². The molecule has 0 bridgehead atoms. The molecule has 2 aromatic heterocycles. The van der Waals surface area contributed by atoms with Crippen LogP contribution >= 0.6 is 0 Å². The molecule has 0 saturated carbocycles. The fourth-order valence-electron chi connectivity index (χ4n) is 3.46. The van der Waals surface area contributed by atoms with Crippen LogP contribution in [-0.2, 0) is 6.54 Å². The molecule has 0 aliphatic carbocycles. The summed E-state index contributed by atoms with van der Waals surface area (Å²) in [5, 5.41) is 11.8. The Morgan fingerprint density at radius 2 is 2.05 bits per heavy atom. The van der Waals surface area contributed by atoms with Crippen molar-refractivity contribution in [2.75, 3.05) is 18.0 Å². The molecule has 4 rings (SSSR count). The highest BCUT2D eigenvalue weighted by Crippen LogP contribution is 2.33. The number of rotatable bonds is 2. The number of benzene rings is 1. The van der Waals surface area contributed by atoms with Crippen molar-refractivity contribution in [3.63, 3.8) is 0 Å². The van der Waals surface area contributed by atoms with Crippen molar-refractivity contribution in [2.24, 2.45) is 0 Å². The first kappa shape index (κ1) is 13.5. The lowest BCUT2D eigenvalue weighted by molar-refractivity contribution is 0.0417. The minimum atomic E-state index is -0.750. The van der Waals surface area contributed by atoms with Crippen LogP contribution in [0.4, 0.5) is 5.95 Å². The third kappa shape index (κ3) is 1.96. The lowest BCUT2D eigenvalue weighted by Gasteiger charge is -2.38. The molecule has 0 radical (unpaired) electrons. The van der Waals surface area contributed by atoms with Crippen molar-refractivity contribution >= 4 is 27.9 Å². The van der Waals surface area contributed by atoms with E-state index >= 15 is 0 Å². The van der Waals surface area contributed by atoms with Crippen molar-refractivity contribution in [3.05, 3.63) is 30.5 Å². The zero-order valence-corrected chi connectivity index (χ0v) is 13.0. The van der Waals surface area contributed by atoms with Crippen LogP contribution in [0.15, 0.2) is 30.5 Å². The molecule has 114 valence electrons. The highest BCUT2D eigenvalue weighted by Gasteiger charge is 2.34. The number of pyridine rings is 1. The van der Waals surface area contributed by atoms with Crippen molar-refractivity contribution in [2.45, 2.75) is 32.4 Å². The van der Waals surface area contributed by atoms with Gasteiger partial charge in [0, 0.05) is 11.9 Å². The van der Waals surface area contributed by atoms with E-state index in [0.717, 1.165) is 40.9 Å². The Bertz CT molecular complexity index is 852. The summed E-state index contributed by atoms with van der Waals surface area (Å²) in [6.07, 6.45) is 2.86. The van der Waals surface area contributed by atoms with Crippen LogP contribution in [0.25, 0.3) is 21.9 Å². The van der Waals surface area contributed by atoms with Crippen LogP contribution < -0.4 is 4.90 Å². The third-order valence-electron chi connectivity index (χ3n) is 4.27. The van der Waals surface area contributed by atoms with Gasteiger partial charge in [-0.05, 0) is 19.4 Å². The van der Waals surface area contributed by atoms with Gasteiger partial charge in [-0.2, -0.15) is 0 Å². The molecule has 1 N–H and O–H groups in total. The number of para-hydroxylation sites is 1. The van der Waals surface area contributed by atoms with E-state index in [1.165, 1.54) is 0 Å². The Morgan fingerprint density at radius 1 is 1.23 bits per heavy atom. The van der Waals surface area contributed by atoms with Gasteiger partial charge in [0.05, 0.1) is 35.9 Å². The molecule has 1 unspecified atom stereocenters. The molecule has 0 saturated heterocycles. The van der Waals surface area contributed by atoms with Gasteiger partial charge in [-0.1, -0.05) is 25.1 Å². The van der Waals surface area contributed by atoms with Crippen molar-refractivity contribution in [1.82, 2.24) is 14.5 Å². The number of aromatic nitrogens is 3. The highest BCUT2D eigenvalue weighted by molar-refractivity contribution is 6.03. The molecule has 3 aromatic rings. The highest BCUT2D eigenvalue weighted by atomic mass is 16.3. The largest absolute Gasteiger partial charge is 0.386 e. The Kier molecular flexibility index (Phi) is 2.87. The van der Waals surface area contributed by atoms with Crippen LogP contribution in [0, 0.1) is 0 Å². The van der Waals surface area contributed by atoms with Crippen molar-refractivity contribution in [3.8, 4) is 0 Å². The predicted octanol–water partition coefficient (Wildman–Crippen LogP) is 2.57. The average molecular weight is 296 g/mol. The number of fused-ring (bicyclic) bond motifs is 5. The van der Waals surface area contributed by atoms with Crippen LogP contribution in [0.1, 0.15) is 20.3 Å². The van der Waals surface area contributed by atoms with Crippen LogP contribution in [0.5, 0.6) is 0 Å². The molecular formula is C17H20N4O. The molecule has 1 aliphatic heterocycles. The molecule has 0 amide bonds. The maximum atomic E-state index is 10.7. The number of hydrogen-bond donors (Lipinski definition) is 1. The average Bonchev–Trinajstić information content (AvgIpc) is 2.85. The summed E-state index contributed by atoms with van der Waals surface area (Å²) >= 11 is 0. The Morgan fingerprint density at radius 3 is 2.86 bits per heavy atom. The van der Waals surface area contributed by atoms with Crippen LogP contribution in [0.2, 0.25) is 0 Å². The topological polar surface area (TPSA) is 54.2 Å². The first-order valence-corrected chi connectivity index (χ1v) is 7.80. The molecule has 5 nitrogen and oxygen atoms in total. The zero-order valence-electron chi connectivity index (χ0n) is 13.0. The van der Waals surface area contributed by atoms with Gasteiger partial charge in [-0.15, -0.1) is 0 Å². The Labute approximate surface area is 129 Å². The predicted molar refractivity (Wildman–Crippen MR) is 88.2 cm³/mol. The summed E-state index contributed by atoms with van der Waals surface area (Å²) in [4.78, 5) is 11.5. The molecule has 0 spiro atoms. The van der Waals surface area contributed by atoms with Gasteiger partial charge in [0.15, 0.2) is 0 Å². The first-order valence-electron chi connectivity index (χ1n) is 7.80. The number of imidazole rings is 1. The molecule has 22 heavy (non-hydrogen) atoms. The molecule has 5 heteroatoms. The standard InChI is InChI=1S/C17H20N4O/c1-3-8-20-10-17(2,22)11-21-15-12-6-4-5-7-13(12)18-9-14(15)19-16(20)21/h4-7,9,22H,3,8,10-11H2,1-2H3. The van der Waals surface area contributed by atoms with Crippen molar-refractivity contribution in [1.29, 1.82) is 0 Å². The van der Waals surface area contributed by atoms with Gasteiger partial charge in [-0.25, -0.2) is 4.98 Å². The van der Waals surface area contributed by atoms with Gasteiger partial charge >= 0.3 is 0 Å². The fourth-order valence-corrected chi connectivity index (χ4v) is 3.46. The molecule has 1 aliphatic rings. The molecular weight excluding hydrogens is 276 g/mol. The number of β-amino-alcohol motifs (C(OH)–C–C–N with tert-alkyl or cyclic N) is 1. The number of anilines is 1. The minimum Gasteiger partial charge on any atom is -0.386 e. The van der Waals surface area contributed by atoms with E-state index in [0.29, 0.717) is 13.1 Å². The van der Waals surface area contributed by atoms with E-state index in [1.807, 2.05) is 31.3 Å². The summed E-state index contributed by atoms with van der Waals surface area (Å²) in [6, 6.07) is 8.11. The number of nitrogens with zero attached hydrogens (tertiary/aromatic N) is 4. The Hall–Kier alpha value is -2.14. The van der Waals surface area contributed by atoms with Gasteiger partial charge < -0.3 is 14.6 Å². The summed E-state index contributed by atoms with van der Waals surface area (Å²) in [7, 11) is 0. The second kappa shape index (κ2) is 4.68. The molecule has 0 fully saturated rings. The van der Waals surface area contributed by atoms with E-state index in [-0.39, 0.29) is 0 Å². The monoisotopic (exact) mass is 296 g/mol. The third-order valence-corrected chi connectivity index (χ3v) is 4.27.